The van der Waals surface area contributed by atoms with Crippen molar-refractivity contribution in [3.05, 3.63) is 143 Å². The first-order valence-electron chi connectivity index (χ1n) is 11.8. The van der Waals surface area contributed by atoms with Crippen LogP contribution >= 0.6 is 7.14 Å². The lowest BCUT2D eigenvalue weighted by molar-refractivity contribution is -0.385. The number of nitro groups is 1. The van der Waals surface area contributed by atoms with E-state index >= 15 is 4.57 Å². The van der Waals surface area contributed by atoms with Crippen LogP contribution in [0, 0.1) is 10.1 Å². The van der Waals surface area contributed by atoms with E-state index in [1.807, 2.05) is 12.1 Å². The maximum absolute atomic E-state index is 15.3. The van der Waals surface area contributed by atoms with E-state index in [0.29, 0.717) is 16.0 Å². The minimum absolute atomic E-state index is 0.0119. The largest absolute Gasteiger partial charge is 0.312 e. The molecule has 1 unspecified atom stereocenters. The molecule has 0 saturated carbocycles. The molecule has 0 aliphatic heterocycles. The molecule has 0 aliphatic carbocycles. The summed E-state index contributed by atoms with van der Waals surface area (Å²) in [5, 5.41) is 14.4. The molecule has 0 saturated heterocycles. The average molecular weight is 543 g/mol. The zero-order valence-corrected chi connectivity index (χ0v) is 21.8. The van der Waals surface area contributed by atoms with Crippen LogP contribution in [0.15, 0.2) is 132 Å². The number of nitrogens with zero attached hydrogens (tertiary/aromatic N) is 1. The summed E-state index contributed by atoms with van der Waals surface area (Å²) in [5.41, 5.74) is -0.316. The first-order valence-corrected chi connectivity index (χ1v) is 15.0. The molecule has 190 valence electrons. The van der Waals surface area contributed by atoms with E-state index in [-0.39, 0.29) is 16.1 Å². The van der Waals surface area contributed by atoms with Crippen molar-refractivity contribution in [3.63, 3.8) is 0 Å². The number of sulfonamides is 1. The first-order chi connectivity index (χ1) is 18.3. The third-order valence-electron chi connectivity index (χ3n) is 6.37. The lowest BCUT2D eigenvalue weighted by Crippen LogP contribution is -2.34. The minimum Gasteiger partial charge on any atom is -0.312 e. The molecule has 0 radical (unpaired) electrons. The second-order valence-electron chi connectivity index (χ2n) is 8.68. The van der Waals surface area contributed by atoms with Crippen molar-refractivity contribution in [1.82, 2.24) is 4.72 Å². The molecule has 0 bridgehead atoms. The van der Waals surface area contributed by atoms with Gasteiger partial charge in [-0.2, -0.15) is 4.72 Å². The fourth-order valence-corrected chi connectivity index (χ4v) is 9.35. The monoisotopic (exact) mass is 542 g/mol. The van der Waals surface area contributed by atoms with Gasteiger partial charge in [-0.05, 0) is 22.9 Å². The second-order valence-corrected chi connectivity index (χ2v) is 13.3. The Bertz CT molecular complexity index is 1730. The summed E-state index contributed by atoms with van der Waals surface area (Å²) >= 11 is 0. The number of benzene rings is 5. The van der Waals surface area contributed by atoms with Crippen LogP contribution in [-0.2, 0) is 14.6 Å². The smallest absolute Gasteiger partial charge is 0.274 e. The van der Waals surface area contributed by atoms with Crippen LogP contribution in [0.1, 0.15) is 11.3 Å². The molecule has 0 aromatic heterocycles. The number of hydrogen-bond donors (Lipinski definition) is 1. The van der Waals surface area contributed by atoms with E-state index in [1.54, 1.807) is 84.9 Å². The van der Waals surface area contributed by atoms with Crippen LogP contribution < -0.4 is 15.3 Å². The molecule has 0 fully saturated rings. The zero-order valence-electron chi connectivity index (χ0n) is 20.0. The molecule has 5 aromatic rings. The third-order valence-corrected chi connectivity index (χ3v) is 11.2. The maximum atomic E-state index is 15.3. The van der Waals surface area contributed by atoms with Gasteiger partial charge in [0.1, 0.15) is 5.78 Å². The molecular weight excluding hydrogens is 519 g/mol. The molecule has 0 spiro atoms. The zero-order chi connectivity index (χ0) is 26.8. The molecule has 5 aromatic carbocycles. The van der Waals surface area contributed by atoms with Crippen molar-refractivity contribution >= 4 is 44.2 Å². The number of rotatable bonds is 8. The molecule has 9 heteroatoms. The van der Waals surface area contributed by atoms with Crippen LogP contribution in [0.2, 0.25) is 0 Å². The second kappa shape index (κ2) is 10.3. The summed E-state index contributed by atoms with van der Waals surface area (Å²) in [4.78, 5) is 11.4. The number of nitrogens with one attached hydrogen (secondary N) is 1. The highest BCUT2D eigenvalue weighted by Gasteiger charge is 2.43. The van der Waals surface area contributed by atoms with Crippen LogP contribution in [0.5, 0.6) is 0 Å². The number of hydrogen-bond acceptors (Lipinski definition) is 5. The van der Waals surface area contributed by atoms with Gasteiger partial charge < -0.3 is 4.57 Å². The highest BCUT2D eigenvalue weighted by molar-refractivity contribution is 7.90. The summed E-state index contributed by atoms with van der Waals surface area (Å²) in [6, 6.07) is 34.8. The Morgan fingerprint density at radius 3 is 1.82 bits per heavy atom. The van der Waals surface area contributed by atoms with Gasteiger partial charge in [-0.1, -0.05) is 109 Å². The van der Waals surface area contributed by atoms with E-state index < -0.39 is 27.9 Å². The van der Waals surface area contributed by atoms with E-state index in [9.17, 15) is 18.5 Å². The van der Waals surface area contributed by atoms with Gasteiger partial charge in [0.2, 0.25) is 10.0 Å². The Labute approximate surface area is 220 Å². The van der Waals surface area contributed by atoms with Crippen molar-refractivity contribution < 1.29 is 17.9 Å². The van der Waals surface area contributed by atoms with Crippen molar-refractivity contribution in [2.45, 2.75) is 10.7 Å². The quantitative estimate of drug-likeness (QED) is 0.153. The molecule has 0 heterocycles. The van der Waals surface area contributed by atoms with E-state index in [0.717, 1.165) is 5.39 Å². The normalized spacial score (nSPS) is 12.7. The SMILES string of the molecule is O=[N+]([O-])c1ccccc1C(NS(=O)(=O)c1ccc2ccccc2c1)P(=O)(c1ccccc1)c1ccccc1. The fourth-order valence-electron chi connectivity index (χ4n) is 4.51. The average Bonchev–Trinajstić information content (AvgIpc) is 2.96. The Balaban J connectivity index is 1.76. The Morgan fingerprint density at radius 1 is 0.684 bits per heavy atom. The molecule has 5 rings (SSSR count). The maximum Gasteiger partial charge on any atom is 0.274 e. The van der Waals surface area contributed by atoms with Gasteiger partial charge in [0.05, 0.1) is 15.4 Å². The number of fused-ring (bicyclic) bond motifs is 1. The fraction of sp³-hybridized carbons (Fsp3) is 0.0345. The molecule has 0 amide bonds. The van der Waals surface area contributed by atoms with Gasteiger partial charge >= 0.3 is 0 Å². The first kappa shape index (κ1) is 25.5. The van der Waals surface area contributed by atoms with Crippen LogP contribution in [0.25, 0.3) is 10.8 Å². The lowest BCUT2D eigenvalue weighted by Gasteiger charge is -2.29. The van der Waals surface area contributed by atoms with E-state index in [1.165, 1.54) is 30.3 Å². The Kier molecular flexibility index (Phi) is 6.95. The predicted octanol–water partition coefficient (Wildman–Crippen LogP) is 5.74. The minimum atomic E-state index is -4.29. The molecule has 1 atom stereocenters. The summed E-state index contributed by atoms with van der Waals surface area (Å²) < 4.78 is 45.6. The predicted molar refractivity (Wildman–Crippen MR) is 150 cm³/mol. The highest BCUT2D eigenvalue weighted by atomic mass is 32.2. The van der Waals surface area contributed by atoms with Crippen molar-refractivity contribution in [2.75, 3.05) is 0 Å². The number of nitro benzene ring substituents is 1. The van der Waals surface area contributed by atoms with Gasteiger partial charge in [0.25, 0.3) is 5.69 Å². The van der Waals surface area contributed by atoms with Crippen molar-refractivity contribution in [3.8, 4) is 0 Å². The molecule has 38 heavy (non-hydrogen) atoms. The highest BCUT2D eigenvalue weighted by Crippen LogP contribution is 2.57. The molecule has 0 aliphatic rings. The summed E-state index contributed by atoms with van der Waals surface area (Å²) in [6.45, 7) is 0. The van der Waals surface area contributed by atoms with E-state index in [4.69, 9.17) is 0 Å². The summed E-state index contributed by atoms with van der Waals surface area (Å²) in [6.07, 6.45) is 0. The van der Waals surface area contributed by atoms with Crippen LogP contribution in [0.4, 0.5) is 5.69 Å². The Morgan fingerprint density at radius 2 is 1.21 bits per heavy atom. The van der Waals surface area contributed by atoms with Crippen LogP contribution in [0.3, 0.4) is 0 Å². The van der Waals surface area contributed by atoms with Gasteiger partial charge in [0, 0.05) is 16.7 Å². The van der Waals surface area contributed by atoms with Crippen LogP contribution in [-0.4, -0.2) is 13.3 Å². The molecule has 1 N–H and O–H groups in total. The topological polar surface area (TPSA) is 106 Å². The van der Waals surface area contributed by atoms with Gasteiger partial charge in [0.15, 0.2) is 7.14 Å². The standard InChI is InChI=1S/C29H23N2O5PS/c32-31(33)28-18-10-9-17-27(28)29(30-38(35,36)26-20-19-22-11-7-8-12-23(22)21-26)37(34,24-13-3-1-4-14-24)25-15-5-2-6-16-25/h1-21,29-30H. The van der Waals surface area contributed by atoms with Gasteiger partial charge in [-0.3, -0.25) is 10.1 Å². The summed E-state index contributed by atoms with van der Waals surface area (Å²) in [5.74, 6) is -1.45. The number of para-hydroxylation sites is 1. The van der Waals surface area contributed by atoms with Crippen molar-refractivity contribution in [1.29, 1.82) is 0 Å². The van der Waals surface area contributed by atoms with Crippen molar-refractivity contribution in [2.24, 2.45) is 0 Å². The van der Waals surface area contributed by atoms with Gasteiger partial charge in [-0.15, -0.1) is 0 Å². The Hall–Kier alpha value is -4.10. The third kappa shape index (κ3) is 4.77. The summed E-state index contributed by atoms with van der Waals surface area (Å²) in [7, 11) is -8.17. The lowest BCUT2D eigenvalue weighted by atomic mass is 10.1. The van der Waals surface area contributed by atoms with E-state index in [2.05, 4.69) is 4.72 Å². The molecular formula is C29H23N2O5PS. The van der Waals surface area contributed by atoms with Gasteiger partial charge in [-0.25, -0.2) is 8.42 Å². The molecule has 7 nitrogen and oxygen atoms in total.